The number of hydrogen-bond donors (Lipinski definition) is 1. The SMILES string of the molecule is COC(=O)[C@H]1C[C@@H](N2CC[C@H](C)N(Cc3ccccc3)CC2)[C@@H](O)C1. The Bertz CT molecular complexity index is 565. The van der Waals surface area contributed by atoms with Crippen LogP contribution in [0.25, 0.3) is 0 Å². The number of aliphatic hydroxyl groups excluding tert-OH is 1. The quantitative estimate of drug-likeness (QED) is 0.844. The standard InChI is InChI=1S/C20H30N2O3/c1-15-8-9-21(18-12-17(13-19(18)23)20(24)25-2)10-11-22(15)14-16-6-4-3-5-7-16/h3-7,15,17-19,23H,8-14H2,1-2H3/t15-,17-,18+,19-/m0/s1. The molecular formula is C20H30N2O3. The van der Waals surface area contributed by atoms with Gasteiger partial charge in [0.05, 0.1) is 19.1 Å². The Labute approximate surface area is 150 Å². The smallest absolute Gasteiger partial charge is 0.308 e. The van der Waals surface area contributed by atoms with Crippen molar-refractivity contribution in [3.63, 3.8) is 0 Å². The molecule has 2 aliphatic rings. The molecule has 3 rings (SSSR count). The van der Waals surface area contributed by atoms with Gasteiger partial charge in [0.1, 0.15) is 0 Å². The summed E-state index contributed by atoms with van der Waals surface area (Å²) in [5.41, 5.74) is 1.34. The molecule has 1 aromatic rings. The molecule has 0 aromatic heterocycles. The molecule has 1 aliphatic heterocycles. The summed E-state index contributed by atoms with van der Waals surface area (Å²) >= 11 is 0. The Morgan fingerprint density at radius 3 is 2.68 bits per heavy atom. The Morgan fingerprint density at radius 2 is 1.96 bits per heavy atom. The third-order valence-corrected chi connectivity index (χ3v) is 5.86. The van der Waals surface area contributed by atoms with Crippen molar-refractivity contribution in [3.8, 4) is 0 Å². The molecule has 1 saturated heterocycles. The number of ether oxygens (including phenoxy) is 1. The lowest BCUT2D eigenvalue weighted by molar-refractivity contribution is -0.145. The fraction of sp³-hybridized carbons (Fsp3) is 0.650. The van der Waals surface area contributed by atoms with Crippen molar-refractivity contribution in [2.75, 3.05) is 26.7 Å². The molecule has 1 heterocycles. The highest BCUT2D eigenvalue weighted by Crippen LogP contribution is 2.31. The lowest BCUT2D eigenvalue weighted by atomic mass is 10.1. The predicted molar refractivity (Wildman–Crippen MR) is 97.0 cm³/mol. The topological polar surface area (TPSA) is 53.0 Å². The Hall–Kier alpha value is -1.43. The first kappa shape index (κ1) is 18.4. The van der Waals surface area contributed by atoms with Gasteiger partial charge in [-0.25, -0.2) is 0 Å². The number of aliphatic hydroxyl groups is 1. The van der Waals surface area contributed by atoms with E-state index in [0.29, 0.717) is 18.9 Å². The van der Waals surface area contributed by atoms with E-state index in [0.717, 1.165) is 32.6 Å². The number of rotatable bonds is 4. The number of methoxy groups -OCH3 is 1. The van der Waals surface area contributed by atoms with Gasteiger partial charge < -0.3 is 9.84 Å². The molecule has 1 aliphatic carbocycles. The first-order valence-electron chi connectivity index (χ1n) is 9.36. The summed E-state index contributed by atoms with van der Waals surface area (Å²) in [6.07, 6.45) is 1.89. The van der Waals surface area contributed by atoms with Gasteiger partial charge in [0, 0.05) is 38.3 Å². The molecule has 5 nitrogen and oxygen atoms in total. The van der Waals surface area contributed by atoms with Crippen molar-refractivity contribution in [1.82, 2.24) is 9.80 Å². The molecule has 4 atom stereocenters. The van der Waals surface area contributed by atoms with Crippen LogP contribution in [0.2, 0.25) is 0 Å². The largest absolute Gasteiger partial charge is 0.469 e. The van der Waals surface area contributed by atoms with Crippen molar-refractivity contribution in [3.05, 3.63) is 35.9 Å². The second-order valence-corrected chi connectivity index (χ2v) is 7.46. The van der Waals surface area contributed by atoms with E-state index in [1.807, 2.05) is 0 Å². The highest BCUT2D eigenvalue weighted by molar-refractivity contribution is 5.72. The molecule has 1 aromatic carbocycles. The fourth-order valence-corrected chi connectivity index (χ4v) is 4.25. The summed E-state index contributed by atoms with van der Waals surface area (Å²) < 4.78 is 4.87. The van der Waals surface area contributed by atoms with Crippen LogP contribution in [-0.2, 0) is 16.1 Å². The first-order valence-corrected chi connectivity index (χ1v) is 9.36. The van der Waals surface area contributed by atoms with Crippen LogP contribution in [0.4, 0.5) is 0 Å². The Balaban J connectivity index is 1.60. The number of carbonyl (C=O) groups excluding carboxylic acids is 1. The van der Waals surface area contributed by atoms with Crippen molar-refractivity contribution in [2.24, 2.45) is 5.92 Å². The number of nitrogens with zero attached hydrogens (tertiary/aromatic N) is 2. The highest BCUT2D eigenvalue weighted by Gasteiger charge is 2.41. The van der Waals surface area contributed by atoms with Crippen LogP contribution < -0.4 is 0 Å². The third kappa shape index (κ3) is 4.40. The van der Waals surface area contributed by atoms with Crippen molar-refractivity contribution in [2.45, 2.75) is 50.9 Å². The van der Waals surface area contributed by atoms with E-state index in [-0.39, 0.29) is 17.9 Å². The van der Waals surface area contributed by atoms with Crippen molar-refractivity contribution < 1.29 is 14.6 Å². The average molecular weight is 346 g/mol. The second-order valence-electron chi connectivity index (χ2n) is 7.46. The van der Waals surface area contributed by atoms with E-state index >= 15 is 0 Å². The zero-order valence-corrected chi connectivity index (χ0v) is 15.3. The van der Waals surface area contributed by atoms with Gasteiger partial charge in [-0.2, -0.15) is 0 Å². The van der Waals surface area contributed by atoms with Gasteiger partial charge in [0.25, 0.3) is 0 Å². The molecule has 1 N–H and O–H groups in total. The second kappa shape index (κ2) is 8.30. The summed E-state index contributed by atoms with van der Waals surface area (Å²) in [4.78, 5) is 16.7. The van der Waals surface area contributed by atoms with E-state index in [4.69, 9.17) is 4.74 Å². The van der Waals surface area contributed by atoms with E-state index in [1.54, 1.807) is 0 Å². The zero-order valence-electron chi connectivity index (χ0n) is 15.3. The maximum atomic E-state index is 11.8. The van der Waals surface area contributed by atoms with Crippen LogP contribution in [0.3, 0.4) is 0 Å². The lowest BCUT2D eigenvalue weighted by Gasteiger charge is -2.30. The normalized spacial score (nSPS) is 31.6. The number of esters is 1. The van der Waals surface area contributed by atoms with Crippen LogP contribution in [0.1, 0.15) is 31.7 Å². The van der Waals surface area contributed by atoms with Gasteiger partial charge in [-0.3, -0.25) is 14.6 Å². The van der Waals surface area contributed by atoms with E-state index in [1.165, 1.54) is 12.7 Å². The van der Waals surface area contributed by atoms with Gasteiger partial charge in [0.15, 0.2) is 0 Å². The number of benzene rings is 1. The van der Waals surface area contributed by atoms with Crippen molar-refractivity contribution >= 4 is 5.97 Å². The fourth-order valence-electron chi connectivity index (χ4n) is 4.25. The minimum absolute atomic E-state index is 0.0768. The van der Waals surface area contributed by atoms with Gasteiger partial charge in [-0.15, -0.1) is 0 Å². The molecule has 1 saturated carbocycles. The minimum Gasteiger partial charge on any atom is -0.469 e. The van der Waals surface area contributed by atoms with Gasteiger partial charge >= 0.3 is 5.97 Å². The molecule has 0 unspecified atom stereocenters. The lowest BCUT2D eigenvalue weighted by Crippen LogP contribution is -2.42. The van der Waals surface area contributed by atoms with Crippen LogP contribution in [-0.4, -0.2) is 65.8 Å². The monoisotopic (exact) mass is 346 g/mol. The maximum absolute atomic E-state index is 11.8. The van der Waals surface area contributed by atoms with Crippen molar-refractivity contribution in [1.29, 1.82) is 0 Å². The van der Waals surface area contributed by atoms with Gasteiger partial charge in [-0.1, -0.05) is 30.3 Å². The maximum Gasteiger partial charge on any atom is 0.308 e. The Kier molecular flexibility index (Phi) is 6.10. The number of hydrogen-bond acceptors (Lipinski definition) is 5. The zero-order chi connectivity index (χ0) is 17.8. The molecular weight excluding hydrogens is 316 g/mol. The summed E-state index contributed by atoms with van der Waals surface area (Å²) in [5.74, 6) is -0.346. The summed E-state index contributed by atoms with van der Waals surface area (Å²) in [7, 11) is 1.43. The molecule has 0 spiro atoms. The van der Waals surface area contributed by atoms with E-state index in [9.17, 15) is 9.90 Å². The van der Waals surface area contributed by atoms with Crippen LogP contribution in [0, 0.1) is 5.92 Å². The molecule has 138 valence electrons. The average Bonchev–Trinajstić information content (AvgIpc) is 2.93. The summed E-state index contributed by atoms with van der Waals surface area (Å²) in [6.45, 7) is 6.15. The van der Waals surface area contributed by atoms with Crippen LogP contribution >= 0.6 is 0 Å². The Morgan fingerprint density at radius 1 is 1.20 bits per heavy atom. The summed E-state index contributed by atoms with van der Waals surface area (Å²) in [6, 6.07) is 11.2. The molecule has 2 fully saturated rings. The molecule has 0 amide bonds. The molecule has 25 heavy (non-hydrogen) atoms. The first-order chi connectivity index (χ1) is 12.1. The molecule has 5 heteroatoms. The van der Waals surface area contributed by atoms with E-state index < -0.39 is 6.10 Å². The highest BCUT2D eigenvalue weighted by atomic mass is 16.5. The van der Waals surface area contributed by atoms with Crippen LogP contribution in [0.15, 0.2) is 30.3 Å². The molecule has 0 bridgehead atoms. The van der Waals surface area contributed by atoms with Crippen LogP contribution in [0.5, 0.6) is 0 Å². The molecule has 0 radical (unpaired) electrons. The summed E-state index contributed by atoms with van der Waals surface area (Å²) in [5, 5.41) is 10.5. The minimum atomic E-state index is -0.430. The third-order valence-electron chi connectivity index (χ3n) is 5.86. The predicted octanol–water partition coefficient (Wildman–Crippen LogP) is 1.90. The van der Waals surface area contributed by atoms with Gasteiger partial charge in [-0.05, 0) is 31.7 Å². The van der Waals surface area contributed by atoms with Gasteiger partial charge in [0.2, 0.25) is 0 Å². The number of carbonyl (C=O) groups is 1. The van der Waals surface area contributed by atoms with E-state index in [2.05, 4.69) is 47.1 Å².